The Balaban J connectivity index is 1.57. The van der Waals surface area contributed by atoms with Gasteiger partial charge >= 0.3 is 0 Å². The molecule has 0 amide bonds. The molecule has 0 aliphatic heterocycles. The van der Waals surface area contributed by atoms with Crippen molar-refractivity contribution in [2.45, 2.75) is 76.7 Å². The maximum Gasteiger partial charge on any atom is 0.0765 e. The monoisotopic (exact) mass is 322 g/mol. The summed E-state index contributed by atoms with van der Waals surface area (Å²) in [6.45, 7) is 3.36. The fourth-order valence-electron chi connectivity index (χ4n) is 6.60. The first-order chi connectivity index (χ1) is 11.8. The van der Waals surface area contributed by atoms with Gasteiger partial charge < -0.3 is 0 Å². The third-order valence-electron chi connectivity index (χ3n) is 7.17. The number of nitrogens with zero attached hydrogens (tertiary/aromatic N) is 2. The first kappa shape index (κ1) is 15.0. The van der Waals surface area contributed by atoms with Crippen molar-refractivity contribution in [1.82, 2.24) is 9.78 Å². The second-order valence-corrected chi connectivity index (χ2v) is 8.99. The number of fused-ring (bicyclic) bond motifs is 1. The van der Waals surface area contributed by atoms with Crippen molar-refractivity contribution in [3.05, 3.63) is 30.0 Å². The molecule has 1 aromatic carbocycles. The van der Waals surface area contributed by atoms with Gasteiger partial charge in [-0.15, -0.1) is 0 Å². The minimum Gasteiger partial charge on any atom is -0.265 e. The van der Waals surface area contributed by atoms with E-state index < -0.39 is 0 Å². The van der Waals surface area contributed by atoms with Gasteiger partial charge in [-0.05, 0) is 68.8 Å². The molecule has 2 heteroatoms. The van der Waals surface area contributed by atoms with Gasteiger partial charge in [-0.1, -0.05) is 38.0 Å². The molecule has 4 aliphatic rings. The number of para-hydroxylation sites is 1. The Kier molecular flexibility index (Phi) is 3.50. The highest BCUT2D eigenvalue weighted by Crippen LogP contribution is 2.61. The lowest BCUT2D eigenvalue weighted by molar-refractivity contribution is -0.00683. The summed E-state index contributed by atoms with van der Waals surface area (Å²) in [5.74, 6) is 2.96. The Labute approximate surface area is 145 Å². The van der Waals surface area contributed by atoms with Crippen molar-refractivity contribution in [3.63, 3.8) is 0 Å². The van der Waals surface area contributed by atoms with Gasteiger partial charge in [0.1, 0.15) is 0 Å². The molecular weight excluding hydrogens is 292 g/mol. The van der Waals surface area contributed by atoms with Crippen LogP contribution in [-0.2, 0) is 12.0 Å². The van der Waals surface area contributed by atoms with E-state index >= 15 is 0 Å². The Morgan fingerprint density at radius 3 is 2.33 bits per heavy atom. The lowest BCUT2D eigenvalue weighted by Crippen LogP contribution is -2.48. The summed E-state index contributed by atoms with van der Waals surface area (Å²) in [5, 5.41) is 6.72. The lowest BCUT2D eigenvalue weighted by Gasteiger charge is -2.56. The van der Waals surface area contributed by atoms with Gasteiger partial charge in [-0.2, -0.15) is 5.10 Å². The van der Waals surface area contributed by atoms with Crippen molar-refractivity contribution in [2.75, 3.05) is 0 Å². The van der Waals surface area contributed by atoms with E-state index in [4.69, 9.17) is 5.10 Å². The molecule has 4 aliphatic carbocycles. The number of hydrogen-bond donors (Lipinski definition) is 0. The molecule has 128 valence electrons. The highest BCUT2D eigenvalue weighted by Gasteiger charge is 2.53. The number of hydrogen-bond acceptors (Lipinski definition) is 1. The van der Waals surface area contributed by atoms with Crippen molar-refractivity contribution in [3.8, 4) is 0 Å². The largest absolute Gasteiger partial charge is 0.265 e. The highest BCUT2D eigenvalue weighted by molar-refractivity contribution is 5.83. The standard InChI is InChI=1S/C22H30N2/c1-2-3-6-9-24-20-8-5-4-7-19(20)21(23-24)22-13-16-10-17(14-22)12-18(11-16)15-22/h4-5,7-8,16-18H,2-3,6,9-15H2,1H3. The molecule has 0 unspecified atom stereocenters. The molecule has 2 nitrogen and oxygen atoms in total. The number of rotatable bonds is 5. The van der Waals surface area contributed by atoms with Crippen LogP contribution >= 0.6 is 0 Å². The molecule has 0 spiro atoms. The van der Waals surface area contributed by atoms with Gasteiger partial charge in [0.15, 0.2) is 0 Å². The van der Waals surface area contributed by atoms with E-state index in [0.717, 1.165) is 24.3 Å². The molecule has 1 aromatic heterocycles. The molecule has 0 radical (unpaired) electrons. The van der Waals surface area contributed by atoms with Crippen LogP contribution in [0.3, 0.4) is 0 Å². The Morgan fingerprint density at radius 2 is 1.67 bits per heavy atom. The average molecular weight is 322 g/mol. The minimum atomic E-state index is 0.407. The van der Waals surface area contributed by atoms with E-state index in [0.29, 0.717) is 5.41 Å². The summed E-state index contributed by atoms with van der Waals surface area (Å²) in [5.41, 5.74) is 3.25. The van der Waals surface area contributed by atoms with Crippen LogP contribution in [-0.4, -0.2) is 9.78 Å². The topological polar surface area (TPSA) is 17.8 Å². The van der Waals surface area contributed by atoms with Crippen molar-refractivity contribution >= 4 is 10.9 Å². The molecule has 0 saturated heterocycles. The number of unbranched alkanes of at least 4 members (excludes halogenated alkanes) is 2. The summed E-state index contributed by atoms with van der Waals surface area (Å²) in [4.78, 5) is 0. The van der Waals surface area contributed by atoms with E-state index in [1.54, 1.807) is 0 Å². The molecule has 1 heterocycles. The third-order valence-corrected chi connectivity index (χ3v) is 7.17. The molecule has 4 saturated carbocycles. The predicted octanol–water partition coefficient (Wildman–Crippen LogP) is 5.69. The predicted molar refractivity (Wildman–Crippen MR) is 99.1 cm³/mol. The summed E-state index contributed by atoms with van der Waals surface area (Å²) in [7, 11) is 0. The minimum absolute atomic E-state index is 0.407. The summed E-state index contributed by atoms with van der Waals surface area (Å²) >= 11 is 0. The molecule has 4 bridgehead atoms. The Morgan fingerprint density at radius 1 is 1.00 bits per heavy atom. The first-order valence-corrected chi connectivity index (χ1v) is 10.2. The fraction of sp³-hybridized carbons (Fsp3) is 0.682. The lowest BCUT2D eigenvalue weighted by atomic mass is 9.48. The van der Waals surface area contributed by atoms with Gasteiger partial charge in [0, 0.05) is 17.3 Å². The number of aromatic nitrogens is 2. The smallest absolute Gasteiger partial charge is 0.0765 e. The van der Waals surface area contributed by atoms with Gasteiger partial charge in [0.25, 0.3) is 0 Å². The molecular formula is C22H30N2. The SMILES string of the molecule is CCCCCn1nc(C23CC4CC(CC(C4)C2)C3)c2ccccc21. The van der Waals surface area contributed by atoms with Crippen LogP contribution in [0.15, 0.2) is 24.3 Å². The number of aryl methyl sites for hydroxylation is 1. The summed E-state index contributed by atoms with van der Waals surface area (Å²) < 4.78 is 2.33. The van der Waals surface area contributed by atoms with E-state index in [-0.39, 0.29) is 0 Å². The quantitative estimate of drug-likeness (QED) is 0.646. The van der Waals surface area contributed by atoms with Crippen molar-refractivity contribution in [1.29, 1.82) is 0 Å². The molecule has 0 atom stereocenters. The second-order valence-electron chi connectivity index (χ2n) is 8.99. The van der Waals surface area contributed by atoms with Gasteiger partial charge in [0.05, 0.1) is 11.2 Å². The van der Waals surface area contributed by atoms with Crippen LogP contribution in [0.2, 0.25) is 0 Å². The Hall–Kier alpha value is -1.31. The number of benzene rings is 1. The first-order valence-electron chi connectivity index (χ1n) is 10.2. The van der Waals surface area contributed by atoms with E-state index in [9.17, 15) is 0 Å². The maximum absolute atomic E-state index is 5.27. The second kappa shape index (κ2) is 5.61. The third kappa shape index (κ3) is 2.25. The van der Waals surface area contributed by atoms with E-state index in [1.165, 1.54) is 74.4 Å². The maximum atomic E-state index is 5.27. The molecule has 4 fully saturated rings. The summed E-state index contributed by atoms with van der Waals surface area (Å²) in [6, 6.07) is 9.03. The molecule has 24 heavy (non-hydrogen) atoms. The van der Waals surface area contributed by atoms with Crippen LogP contribution in [0.25, 0.3) is 10.9 Å². The van der Waals surface area contributed by atoms with Gasteiger partial charge in [-0.25, -0.2) is 0 Å². The van der Waals surface area contributed by atoms with Crippen LogP contribution in [0.4, 0.5) is 0 Å². The van der Waals surface area contributed by atoms with Crippen LogP contribution < -0.4 is 0 Å². The zero-order valence-corrected chi connectivity index (χ0v) is 15.0. The molecule has 2 aromatic rings. The van der Waals surface area contributed by atoms with E-state index in [1.807, 2.05) is 0 Å². The van der Waals surface area contributed by atoms with Crippen molar-refractivity contribution < 1.29 is 0 Å². The van der Waals surface area contributed by atoms with Gasteiger partial charge in [-0.3, -0.25) is 4.68 Å². The van der Waals surface area contributed by atoms with E-state index in [2.05, 4.69) is 35.9 Å². The molecule has 0 N–H and O–H groups in total. The summed E-state index contributed by atoms with van der Waals surface area (Å²) in [6.07, 6.45) is 12.6. The zero-order chi connectivity index (χ0) is 16.1. The fourth-order valence-corrected chi connectivity index (χ4v) is 6.60. The Bertz CT molecular complexity index is 706. The van der Waals surface area contributed by atoms with Crippen LogP contribution in [0, 0.1) is 17.8 Å². The zero-order valence-electron chi connectivity index (χ0n) is 15.0. The average Bonchev–Trinajstić information content (AvgIpc) is 2.94. The molecule has 6 rings (SSSR count). The highest BCUT2D eigenvalue weighted by atomic mass is 15.3. The van der Waals surface area contributed by atoms with Crippen molar-refractivity contribution in [2.24, 2.45) is 17.8 Å². The van der Waals surface area contributed by atoms with Crippen LogP contribution in [0.1, 0.15) is 70.4 Å². The van der Waals surface area contributed by atoms with Gasteiger partial charge in [0.2, 0.25) is 0 Å². The van der Waals surface area contributed by atoms with Crippen LogP contribution in [0.5, 0.6) is 0 Å². The normalized spacial score (nSPS) is 34.3.